The standard InChI is InChI=1S/C23H23N3O2/c1-16-5-9-18(10-6-16)11-14-21(27)26-15-3-4-20(26)23-24-22(25-28-23)19-12-7-17(2)8-13-19/h5-14,20H,3-4,15H2,1-2H3/b14-11+. The van der Waals surface area contributed by atoms with Crippen molar-refractivity contribution < 1.29 is 9.32 Å². The van der Waals surface area contributed by atoms with Gasteiger partial charge in [0.05, 0.1) is 0 Å². The van der Waals surface area contributed by atoms with Crippen LogP contribution in [0.5, 0.6) is 0 Å². The highest BCUT2D eigenvalue weighted by Crippen LogP contribution is 2.32. The lowest BCUT2D eigenvalue weighted by molar-refractivity contribution is -0.127. The van der Waals surface area contributed by atoms with Crippen molar-refractivity contribution >= 4 is 12.0 Å². The third-order valence-corrected chi connectivity index (χ3v) is 5.07. The van der Waals surface area contributed by atoms with Crippen LogP contribution >= 0.6 is 0 Å². The normalized spacial score (nSPS) is 16.8. The Morgan fingerprint density at radius 1 is 1.07 bits per heavy atom. The third kappa shape index (κ3) is 3.88. The molecule has 5 nitrogen and oxygen atoms in total. The zero-order chi connectivity index (χ0) is 19.5. The Morgan fingerprint density at radius 2 is 1.75 bits per heavy atom. The van der Waals surface area contributed by atoms with Crippen LogP contribution in [0.4, 0.5) is 0 Å². The summed E-state index contributed by atoms with van der Waals surface area (Å²) in [7, 11) is 0. The van der Waals surface area contributed by atoms with Gasteiger partial charge in [0, 0.05) is 18.2 Å². The first-order valence-corrected chi connectivity index (χ1v) is 9.56. The minimum absolute atomic E-state index is 0.0295. The summed E-state index contributed by atoms with van der Waals surface area (Å²) in [5.41, 5.74) is 4.30. The number of carbonyl (C=O) groups excluding carboxylic acids is 1. The van der Waals surface area contributed by atoms with Gasteiger partial charge >= 0.3 is 0 Å². The third-order valence-electron chi connectivity index (χ3n) is 5.07. The number of hydrogen-bond donors (Lipinski definition) is 0. The summed E-state index contributed by atoms with van der Waals surface area (Å²) in [6.45, 7) is 4.78. The van der Waals surface area contributed by atoms with Crippen molar-refractivity contribution in [3.05, 3.63) is 77.2 Å². The Hall–Kier alpha value is -3.21. The van der Waals surface area contributed by atoms with Crippen LogP contribution in [0, 0.1) is 13.8 Å². The van der Waals surface area contributed by atoms with E-state index in [0.717, 1.165) is 24.0 Å². The van der Waals surface area contributed by atoms with E-state index in [1.165, 1.54) is 11.1 Å². The van der Waals surface area contributed by atoms with Gasteiger partial charge < -0.3 is 9.42 Å². The molecular weight excluding hydrogens is 350 g/mol. The largest absolute Gasteiger partial charge is 0.337 e. The van der Waals surface area contributed by atoms with Crippen molar-refractivity contribution in [2.75, 3.05) is 6.54 Å². The Labute approximate surface area is 164 Å². The smallest absolute Gasteiger partial charge is 0.249 e. The molecule has 1 atom stereocenters. The molecule has 0 saturated carbocycles. The van der Waals surface area contributed by atoms with Gasteiger partial charge in [-0.15, -0.1) is 0 Å². The van der Waals surface area contributed by atoms with E-state index >= 15 is 0 Å². The molecule has 1 aliphatic rings. The monoisotopic (exact) mass is 373 g/mol. The molecule has 0 N–H and O–H groups in total. The number of aromatic nitrogens is 2. The van der Waals surface area contributed by atoms with Crippen molar-refractivity contribution in [2.45, 2.75) is 32.7 Å². The fourth-order valence-electron chi connectivity index (χ4n) is 3.42. The van der Waals surface area contributed by atoms with Crippen LogP contribution in [0.15, 0.2) is 59.1 Å². The number of hydrogen-bond acceptors (Lipinski definition) is 4. The highest BCUT2D eigenvalue weighted by molar-refractivity contribution is 5.92. The number of rotatable bonds is 4. The minimum Gasteiger partial charge on any atom is -0.337 e. The summed E-state index contributed by atoms with van der Waals surface area (Å²) in [6.07, 6.45) is 5.24. The molecule has 1 aliphatic heterocycles. The number of likely N-dealkylation sites (tertiary alicyclic amines) is 1. The molecule has 0 bridgehead atoms. The van der Waals surface area contributed by atoms with Crippen LogP contribution in [-0.4, -0.2) is 27.5 Å². The number of benzene rings is 2. The average molecular weight is 373 g/mol. The van der Waals surface area contributed by atoms with Crippen molar-refractivity contribution in [3.8, 4) is 11.4 Å². The Kier molecular flexibility index (Phi) is 5.06. The Balaban J connectivity index is 1.49. The molecule has 5 heteroatoms. The SMILES string of the molecule is Cc1ccc(/C=C/C(=O)N2CCCC2c2nc(-c3ccc(C)cc3)no2)cc1. The summed E-state index contributed by atoms with van der Waals surface area (Å²) >= 11 is 0. The van der Waals surface area contributed by atoms with Gasteiger partial charge in [0.1, 0.15) is 6.04 Å². The summed E-state index contributed by atoms with van der Waals surface area (Å²) in [4.78, 5) is 19.1. The van der Waals surface area contributed by atoms with E-state index in [4.69, 9.17) is 4.52 Å². The molecule has 142 valence electrons. The highest BCUT2D eigenvalue weighted by Gasteiger charge is 2.33. The first-order valence-electron chi connectivity index (χ1n) is 9.56. The second-order valence-corrected chi connectivity index (χ2v) is 7.26. The van der Waals surface area contributed by atoms with Gasteiger partial charge in [-0.1, -0.05) is 64.8 Å². The molecule has 1 unspecified atom stereocenters. The summed E-state index contributed by atoms with van der Waals surface area (Å²) < 4.78 is 5.51. The second-order valence-electron chi connectivity index (χ2n) is 7.26. The predicted octanol–water partition coefficient (Wildman–Crippen LogP) is 4.73. The van der Waals surface area contributed by atoms with Gasteiger partial charge in [-0.25, -0.2) is 0 Å². The molecule has 1 amide bonds. The second kappa shape index (κ2) is 7.80. The average Bonchev–Trinajstić information content (AvgIpc) is 3.37. The van der Waals surface area contributed by atoms with Gasteiger partial charge in [0.2, 0.25) is 17.6 Å². The molecule has 1 fully saturated rings. The van der Waals surface area contributed by atoms with Gasteiger partial charge in [0.25, 0.3) is 0 Å². The van der Waals surface area contributed by atoms with Crippen molar-refractivity contribution in [3.63, 3.8) is 0 Å². The van der Waals surface area contributed by atoms with Crippen LogP contribution in [0.3, 0.4) is 0 Å². The van der Waals surface area contributed by atoms with E-state index in [-0.39, 0.29) is 11.9 Å². The maximum Gasteiger partial charge on any atom is 0.249 e. The maximum atomic E-state index is 12.7. The van der Waals surface area contributed by atoms with Gasteiger partial charge in [-0.05, 0) is 38.3 Å². The number of carbonyl (C=O) groups is 1. The molecule has 2 aromatic carbocycles. The predicted molar refractivity (Wildman–Crippen MR) is 108 cm³/mol. The van der Waals surface area contributed by atoms with E-state index < -0.39 is 0 Å². The molecular formula is C23H23N3O2. The van der Waals surface area contributed by atoms with Gasteiger partial charge in [-0.3, -0.25) is 4.79 Å². The van der Waals surface area contributed by atoms with Crippen LogP contribution in [0.1, 0.15) is 41.5 Å². The van der Waals surface area contributed by atoms with Crippen LogP contribution in [0.25, 0.3) is 17.5 Å². The lowest BCUT2D eigenvalue weighted by atomic mass is 10.1. The van der Waals surface area contributed by atoms with E-state index in [1.807, 2.05) is 73.4 Å². The zero-order valence-electron chi connectivity index (χ0n) is 16.1. The number of aryl methyl sites for hydroxylation is 2. The maximum absolute atomic E-state index is 12.7. The van der Waals surface area contributed by atoms with E-state index in [9.17, 15) is 4.79 Å². The molecule has 28 heavy (non-hydrogen) atoms. The van der Waals surface area contributed by atoms with Crippen LogP contribution in [0.2, 0.25) is 0 Å². The topological polar surface area (TPSA) is 59.2 Å². The first kappa shape index (κ1) is 18.2. The molecule has 1 saturated heterocycles. The van der Waals surface area contributed by atoms with Gasteiger partial charge in [-0.2, -0.15) is 4.98 Å². The minimum atomic E-state index is -0.165. The van der Waals surface area contributed by atoms with Crippen molar-refractivity contribution in [2.24, 2.45) is 0 Å². The summed E-state index contributed by atoms with van der Waals surface area (Å²) in [6, 6.07) is 15.9. The lowest BCUT2D eigenvalue weighted by Gasteiger charge is -2.20. The summed E-state index contributed by atoms with van der Waals surface area (Å²) in [5, 5.41) is 4.11. The van der Waals surface area contributed by atoms with E-state index in [0.29, 0.717) is 18.3 Å². The first-order chi connectivity index (χ1) is 13.6. The highest BCUT2D eigenvalue weighted by atomic mass is 16.5. The molecule has 4 rings (SSSR count). The molecule has 0 radical (unpaired) electrons. The van der Waals surface area contributed by atoms with Crippen LogP contribution in [-0.2, 0) is 4.79 Å². The Morgan fingerprint density at radius 3 is 2.46 bits per heavy atom. The summed E-state index contributed by atoms with van der Waals surface area (Å²) in [5.74, 6) is 1.04. The molecule has 0 spiro atoms. The zero-order valence-corrected chi connectivity index (χ0v) is 16.1. The molecule has 2 heterocycles. The van der Waals surface area contributed by atoms with E-state index in [2.05, 4.69) is 10.1 Å². The molecule has 3 aromatic rings. The molecule has 1 aromatic heterocycles. The quantitative estimate of drug-likeness (QED) is 0.620. The fraction of sp³-hybridized carbons (Fsp3) is 0.261. The number of nitrogens with zero attached hydrogens (tertiary/aromatic N) is 3. The van der Waals surface area contributed by atoms with E-state index in [1.54, 1.807) is 6.08 Å². The van der Waals surface area contributed by atoms with Gasteiger partial charge in [0.15, 0.2) is 0 Å². The Bertz CT molecular complexity index is 987. The molecule has 0 aliphatic carbocycles. The van der Waals surface area contributed by atoms with Crippen LogP contribution < -0.4 is 0 Å². The lowest BCUT2D eigenvalue weighted by Crippen LogP contribution is -2.29. The van der Waals surface area contributed by atoms with Crippen molar-refractivity contribution in [1.82, 2.24) is 15.0 Å². The van der Waals surface area contributed by atoms with Crippen molar-refractivity contribution in [1.29, 1.82) is 0 Å². The number of amides is 1. The fourth-order valence-corrected chi connectivity index (χ4v) is 3.42.